The van der Waals surface area contributed by atoms with Gasteiger partial charge in [0, 0.05) is 5.39 Å². The first kappa shape index (κ1) is 9.99. The Morgan fingerprint density at radius 2 is 1.73 bits per heavy atom. The van der Waals surface area contributed by atoms with Gasteiger partial charge in [0.05, 0.1) is 13.2 Å². The molecule has 2 rings (SSSR count). The van der Waals surface area contributed by atoms with Crippen molar-refractivity contribution in [2.45, 2.75) is 13.0 Å². The SMILES string of the molecule is COc1cccc2c(C(C)O)cccc12. The predicted octanol–water partition coefficient (Wildman–Crippen LogP) is 2.90. The Bertz CT molecular complexity index is 475. The van der Waals surface area contributed by atoms with Gasteiger partial charge in [-0.05, 0) is 23.9 Å². The minimum Gasteiger partial charge on any atom is -0.496 e. The normalized spacial score (nSPS) is 12.7. The van der Waals surface area contributed by atoms with E-state index in [4.69, 9.17) is 4.74 Å². The van der Waals surface area contributed by atoms with Crippen molar-refractivity contribution in [2.24, 2.45) is 0 Å². The summed E-state index contributed by atoms with van der Waals surface area (Å²) in [5.74, 6) is 0.843. The van der Waals surface area contributed by atoms with Crippen molar-refractivity contribution in [3.8, 4) is 5.75 Å². The summed E-state index contributed by atoms with van der Waals surface area (Å²) in [6, 6.07) is 11.7. The van der Waals surface area contributed by atoms with Gasteiger partial charge in [-0.15, -0.1) is 0 Å². The molecule has 0 aliphatic heterocycles. The van der Waals surface area contributed by atoms with E-state index in [0.717, 1.165) is 22.1 Å². The minimum absolute atomic E-state index is 0.458. The van der Waals surface area contributed by atoms with Crippen LogP contribution in [-0.2, 0) is 0 Å². The van der Waals surface area contributed by atoms with Crippen LogP contribution >= 0.6 is 0 Å². The maximum Gasteiger partial charge on any atom is 0.126 e. The minimum atomic E-state index is -0.458. The van der Waals surface area contributed by atoms with Crippen LogP contribution in [0.2, 0.25) is 0 Å². The molecular weight excluding hydrogens is 188 g/mol. The van der Waals surface area contributed by atoms with Crippen molar-refractivity contribution in [1.29, 1.82) is 0 Å². The van der Waals surface area contributed by atoms with Crippen LogP contribution < -0.4 is 4.74 Å². The van der Waals surface area contributed by atoms with E-state index in [-0.39, 0.29) is 0 Å². The van der Waals surface area contributed by atoms with Gasteiger partial charge in [-0.25, -0.2) is 0 Å². The zero-order valence-corrected chi connectivity index (χ0v) is 8.90. The highest BCUT2D eigenvalue weighted by Crippen LogP contribution is 2.30. The van der Waals surface area contributed by atoms with E-state index in [1.54, 1.807) is 14.0 Å². The van der Waals surface area contributed by atoms with Gasteiger partial charge in [-0.1, -0.05) is 30.3 Å². The summed E-state index contributed by atoms with van der Waals surface area (Å²) in [5, 5.41) is 11.7. The Hall–Kier alpha value is -1.54. The standard InChI is InChI=1S/C13H14O2/c1-9(14)10-5-3-7-12-11(10)6-4-8-13(12)15-2/h3-9,14H,1-2H3. The molecule has 0 amide bonds. The smallest absolute Gasteiger partial charge is 0.126 e. The van der Waals surface area contributed by atoms with Crippen LogP contribution in [-0.4, -0.2) is 12.2 Å². The van der Waals surface area contributed by atoms with E-state index in [1.165, 1.54) is 0 Å². The fraction of sp³-hybridized carbons (Fsp3) is 0.231. The highest BCUT2D eigenvalue weighted by atomic mass is 16.5. The summed E-state index contributed by atoms with van der Waals surface area (Å²) in [6.07, 6.45) is -0.458. The third-order valence-corrected chi connectivity index (χ3v) is 2.59. The van der Waals surface area contributed by atoms with Crippen molar-refractivity contribution >= 4 is 10.8 Å². The molecular formula is C13H14O2. The van der Waals surface area contributed by atoms with Gasteiger partial charge in [0.25, 0.3) is 0 Å². The summed E-state index contributed by atoms with van der Waals surface area (Å²) in [6.45, 7) is 1.77. The average Bonchev–Trinajstić information content (AvgIpc) is 2.27. The molecule has 2 nitrogen and oxygen atoms in total. The largest absolute Gasteiger partial charge is 0.496 e. The monoisotopic (exact) mass is 202 g/mol. The summed E-state index contributed by atoms with van der Waals surface area (Å²) < 4.78 is 5.28. The second-order valence-corrected chi connectivity index (χ2v) is 3.58. The topological polar surface area (TPSA) is 29.5 Å². The van der Waals surface area contributed by atoms with Crippen LogP contribution in [0.1, 0.15) is 18.6 Å². The summed E-state index contributed by atoms with van der Waals surface area (Å²) >= 11 is 0. The molecule has 2 aromatic rings. The van der Waals surface area contributed by atoms with Crippen molar-refractivity contribution in [3.05, 3.63) is 42.0 Å². The quantitative estimate of drug-likeness (QED) is 0.811. The van der Waals surface area contributed by atoms with Crippen LogP contribution in [0.3, 0.4) is 0 Å². The lowest BCUT2D eigenvalue weighted by molar-refractivity contribution is 0.201. The maximum atomic E-state index is 9.64. The molecule has 2 aromatic carbocycles. The zero-order chi connectivity index (χ0) is 10.8. The fourth-order valence-corrected chi connectivity index (χ4v) is 1.85. The third kappa shape index (κ3) is 1.68. The molecule has 1 unspecified atom stereocenters. The Morgan fingerprint density at radius 1 is 1.07 bits per heavy atom. The molecule has 1 N–H and O–H groups in total. The predicted molar refractivity (Wildman–Crippen MR) is 61.1 cm³/mol. The molecule has 1 atom stereocenters. The second kappa shape index (κ2) is 3.91. The highest BCUT2D eigenvalue weighted by molar-refractivity contribution is 5.91. The van der Waals surface area contributed by atoms with E-state index in [1.807, 2.05) is 36.4 Å². The molecule has 0 radical (unpaired) electrons. The Balaban J connectivity index is 2.76. The van der Waals surface area contributed by atoms with Crippen LogP contribution in [0.15, 0.2) is 36.4 Å². The number of rotatable bonds is 2. The number of hydrogen-bond donors (Lipinski definition) is 1. The first-order valence-corrected chi connectivity index (χ1v) is 4.97. The number of ether oxygens (including phenoxy) is 1. The summed E-state index contributed by atoms with van der Waals surface area (Å²) in [7, 11) is 1.66. The molecule has 0 spiro atoms. The van der Waals surface area contributed by atoms with E-state index in [2.05, 4.69) is 0 Å². The lowest BCUT2D eigenvalue weighted by atomic mass is 10.0. The van der Waals surface area contributed by atoms with E-state index in [0.29, 0.717) is 0 Å². The Kier molecular flexibility index (Phi) is 2.60. The second-order valence-electron chi connectivity index (χ2n) is 3.58. The average molecular weight is 202 g/mol. The third-order valence-electron chi connectivity index (χ3n) is 2.59. The molecule has 0 saturated carbocycles. The number of methoxy groups -OCH3 is 1. The summed E-state index contributed by atoms with van der Waals surface area (Å²) in [5.41, 5.74) is 0.936. The maximum absolute atomic E-state index is 9.64. The molecule has 0 aromatic heterocycles. The van der Waals surface area contributed by atoms with Crippen molar-refractivity contribution in [2.75, 3.05) is 7.11 Å². The first-order valence-electron chi connectivity index (χ1n) is 4.97. The van der Waals surface area contributed by atoms with E-state index in [9.17, 15) is 5.11 Å². The van der Waals surface area contributed by atoms with Gasteiger partial charge in [0.15, 0.2) is 0 Å². The van der Waals surface area contributed by atoms with Gasteiger partial charge < -0.3 is 9.84 Å². The van der Waals surface area contributed by atoms with Crippen molar-refractivity contribution in [3.63, 3.8) is 0 Å². The molecule has 0 fully saturated rings. The highest BCUT2D eigenvalue weighted by Gasteiger charge is 2.08. The summed E-state index contributed by atoms with van der Waals surface area (Å²) in [4.78, 5) is 0. The molecule has 0 bridgehead atoms. The van der Waals surface area contributed by atoms with Gasteiger partial charge in [-0.2, -0.15) is 0 Å². The molecule has 0 heterocycles. The van der Waals surface area contributed by atoms with Crippen LogP contribution in [0.5, 0.6) is 5.75 Å². The molecule has 0 saturated heterocycles. The van der Waals surface area contributed by atoms with Crippen molar-refractivity contribution in [1.82, 2.24) is 0 Å². The Labute approximate surface area is 89.1 Å². The zero-order valence-electron chi connectivity index (χ0n) is 8.90. The van der Waals surface area contributed by atoms with Gasteiger partial charge in [-0.3, -0.25) is 0 Å². The van der Waals surface area contributed by atoms with Gasteiger partial charge >= 0.3 is 0 Å². The van der Waals surface area contributed by atoms with Crippen LogP contribution in [0.25, 0.3) is 10.8 Å². The number of benzene rings is 2. The fourth-order valence-electron chi connectivity index (χ4n) is 1.85. The van der Waals surface area contributed by atoms with Crippen molar-refractivity contribution < 1.29 is 9.84 Å². The lowest BCUT2D eigenvalue weighted by Crippen LogP contribution is -1.93. The van der Waals surface area contributed by atoms with E-state index >= 15 is 0 Å². The molecule has 15 heavy (non-hydrogen) atoms. The number of aliphatic hydroxyl groups excluding tert-OH is 1. The first-order chi connectivity index (χ1) is 7.24. The lowest BCUT2D eigenvalue weighted by Gasteiger charge is -2.11. The van der Waals surface area contributed by atoms with Gasteiger partial charge in [0.1, 0.15) is 5.75 Å². The van der Waals surface area contributed by atoms with Gasteiger partial charge in [0.2, 0.25) is 0 Å². The Morgan fingerprint density at radius 3 is 2.40 bits per heavy atom. The molecule has 2 heteroatoms. The van der Waals surface area contributed by atoms with E-state index < -0.39 is 6.10 Å². The number of fused-ring (bicyclic) bond motifs is 1. The number of hydrogen-bond acceptors (Lipinski definition) is 2. The molecule has 0 aliphatic carbocycles. The van der Waals surface area contributed by atoms with Crippen LogP contribution in [0, 0.1) is 0 Å². The number of aliphatic hydroxyl groups is 1. The molecule has 78 valence electrons. The van der Waals surface area contributed by atoms with Crippen LogP contribution in [0.4, 0.5) is 0 Å². The molecule has 0 aliphatic rings.